The molecule has 1 amide bonds. The number of rotatable bonds is 3. The predicted molar refractivity (Wildman–Crippen MR) is 119 cm³/mol. The van der Waals surface area contributed by atoms with E-state index >= 15 is 0 Å². The van der Waals surface area contributed by atoms with Gasteiger partial charge in [-0.25, -0.2) is 4.79 Å². The molecule has 4 fully saturated rings. The second-order valence-corrected chi connectivity index (χ2v) is 11.6. The van der Waals surface area contributed by atoms with Crippen molar-refractivity contribution in [3.63, 3.8) is 0 Å². The molecule has 0 aliphatic heterocycles. The van der Waals surface area contributed by atoms with E-state index in [4.69, 9.17) is 4.74 Å². The third kappa shape index (κ3) is 3.23. The summed E-state index contributed by atoms with van der Waals surface area (Å²) < 4.78 is 4.92. The molecule has 1 radical (unpaired) electrons. The Labute approximate surface area is 183 Å². The molecule has 4 saturated carbocycles. The van der Waals surface area contributed by atoms with Crippen LogP contribution in [-0.2, 0) is 9.53 Å². The Morgan fingerprint density at radius 1 is 1.00 bits per heavy atom. The summed E-state index contributed by atoms with van der Waals surface area (Å²) in [5.41, 5.74) is 0.660. The normalized spacial score (nSPS) is 46.2. The predicted octanol–water partition coefficient (Wildman–Crippen LogP) is 5.75. The number of hydrogen-bond donors (Lipinski definition) is 0. The fourth-order valence-corrected chi connectivity index (χ4v) is 8.90. The van der Waals surface area contributed by atoms with Crippen LogP contribution in [0.5, 0.6) is 0 Å². The summed E-state index contributed by atoms with van der Waals surface area (Å²) in [5.74, 6) is 4.28. The van der Waals surface area contributed by atoms with E-state index in [0.717, 1.165) is 36.5 Å². The molecule has 9 atom stereocenters. The largest absolute Gasteiger partial charge is 0.453 e. The van der Waals surface area contributed by atoms with Gasteiger partial charge in [0.15, 0.2) is 0 Å². The fraction of sp³-hybridized carbons (Fsp3) is 0.885. The SMILES string of the molecule is [CH2]C([C@@H]1CC[C@@]2(C)[C@@H](CC[C@@H]3[C@@H]2CC[C@]2(C)[C@@H](C(C)=O)CC[C@@H]32)C1)N(C)C(=O)OC. The zero-order valence-corrected chi connectivity index (χ0v) is 19.8. The Balaban J connectivity index is 1.49. The van der Waals surface area contributed by atoms with Crippen LogP contribution in [-0.4, -0.2) is 37.0 Å². The second kappa shape index (κ2) is 7.81. The number of fused-ring (bicyclic) bond motifs is 5. The zero-order valence-electron chi connectivity index (χ0n) is 19.8. The Kier molecular flexibility index (Phi) is 5.77. The van der Waals surface area contributed by atoms with Gasteiger partial charge in [-0.3, -0.25) is 4.79 Å². The maximum Gasteiger partial charge on any atom is 0.409 e. The average Bonchev–Trinajstić information content (AvgIpc) is 3.09. The molecule has 0 spiro atoms. The summed E-state index contributed by atoms with van der Waals surface area (Å²) in [5, 5.41) is 0. The Hall–Kier alpha value is -1.06. The lowest BCUT2D eigenvalue weighted by Gasteiger charge is -2.61. The summed E-state index contributed by atoms with van der Waals surface area (Å²) in [7, 11) is 3.27. The fourth-order valence-electron chi connectivity index (χ4n) is 8.90. The Morgan fingerprint density at radius 2 is 1.67 bits per heavy atom. The minimum atomic E-state index is -0.278. The van der Waals surface area contributed by atoms with Crippen LogP contribution in [0.4, 0.5) is 4.79 Å². The third-order valence-corrected chi connectivity index (χ3v) is 10.7. The van der Waals surface area contributed by atoms with Gasteiger partial charge in [-0.15, -0.1) is 0 Å². The summed E-state index contributed by atoms with van der Waals surface area (Å²) in [6, 6.07) is -0.0134. The van der Waals surface area contributed by atoms with Gasteiger partial charge in [-0.1, -0.05) is 13.8 Å². The van der Waals surface area contributed by atoms with Gasteiger partial charge in [0.05, 0.1) is 7.11 Å². The van der Waals surface area contributed by atoms with E-state index in [0.29, 0.717) is 23.0 Å². The first kappa shape index (κ1) is 22.1. The molecule has 4 heteroatoms. The van der Waals surface area contributed by atoms with Crippen molar-refractivity contribution in [3.8, 4) is 0 Å². The molecule has 0 bridgehead atoms. The number of carbonyl (C=O) groups is 2. The van der Waals surface area contributed by atoms with Crippen LogP contribution in [0.15, 0.2) is 0 Å². The maximum absolute atomic E-state index is 12.3. The zero-order chi connectivity index (χ0) is 21.8. The van der Waals surface area contributed by atoms with Crippen LogP contribution in [0.3, 0.4) is 0 Å². The van der Waals surface area contributed by atoms with Crippen molar-refractivity contribution in [2.75, 3.05) is 14.2 Å². The number of ketones is 1. The van der Waals surface area contributed by atoms with Gasteiger partial charge in [0.1, 0.15) is 5.78 Å². The van der Waals surface area contributed by atoms with Crippen molar-refractivity contribution >= 4 is 11.9 Å². The van der Waals surface area contributed by atoms with Crippen molar-refractivity contribution in [2.24, 2.45) is 46.3 Å². The standard InChI is InChI=1S/C26H42NO3/c1-16(27(5)24(29)30-6)18-11-13-25(3)19(15-18)7-8-20-22-10-9-21(17(2)28)26(22,4)14-12-23(20)25/h16,18-23H,1,7-15H2,2-6H3/t16?,18-,19+,20+,21-,22+,23+,25+,26-/m1/s1. The lowest BCUT2D eigenvalue weighted by Crippen LogP contribution is -2.55. The molecule has 0 heterocycles. The molecule has 169 valence electrons. The number of ether oxygens (including phenoxy) is 1. The highest BCUT2D eigenvalue weighted by molar-refractivity contribution is 5.79. The van der Waals surface area contributed by atoms with Gasteiger partial charge in [-0.2, -0.15) is 0 Å². The van der Waals surface area contributed by atoms with E-state index < -0.39 is 0 Å². The highest BCUT2D eigenvalue weighted by Crippen LogP contribution is 2.68. The van der Waals surface area contributed by atoms with Crippen LogP contribution in [0.25, 0.3) is 0 Å². The first-order chi connectivity index (χ1) is 14.1. The van der Waals surface area contributed by atoms with E-state index in [1.807, 2.05) is 14.0 Å². The van der Waals surface area contributed by atoms with Crippen molar-refractivity contribution in [1.82, 2.24) is 4.90 Å². The molecule has 1 unspecified atom stereocenters. The number of carbonyl (C=O) groups excluding carboxylic acids is 2. The van der Waals surface area contributed by atoms with Crippen LogP contribution >= 0.6 is 0 Å². The van der Waals surface area contributed by atoms with Gasteiger partial charge in [0.2, 0.25) is 0 Å². The molecule has 4 rings (SSSR count). The number of hydrogen-bond acceptors (Lipinski definition) is 3. The number of methoxy groups -OCH3 is 1. The molecule has 0 saturated heterocycles. The average molecular weight is 417 g/mol. The Morgan fingerprint density at radius 3 is 2.33 bits per heavy atom. The molecule has 0 aromatic rings. The molecule has 4 aliphatic rings. The van der Waals surface area contributed by atoms with Gasteiger partial charge >= 0.3 is 6.09 Å². The minimum absolute atomic E-state index is 0.0134. The molecule has 0 N–H and O–H groups in total. The second-order valence-electron chi connectivity index (χ2n) is 11.6. The molecule has 0 aromatic heterocycles. The highest BCUT2D eigenvalue weighted by Gasteiger charge is 2.61. The maximum atomic E-state index is 12.3. The number of amides is 1. The van der Waals surface area contributed by atoms with Crippen molar-refractivity contribution in [3.05, 3.63) is 6.92 Å². The van der Waals surface area contributed by atoms with Crippen molar-refractivity contribution in [2.45, 2.75) is 84.6 Å². The summed E-state index contributed by atoms with van der Waals surface area (Å²) in [6.07, 6.45) is 10.9. The van der Waals surface area contributed by atoms with Crippen LogP contribution in [0, 0.1) is 53.3 Å². The van der Waals surface area contributed by atoms with E-state index in [2.05, 4.69) is 20.8 Å². The molecule has 4 aliphatic carbocycles. The smallest absolute Gasteiger partial charge is 0.409 e. The summed E-state index contributed by atoms with van der Waals surface area (Å²) in [6.45, 7) is 11.2. The van der Waals surface area contributed by atoms with E-state index in [-0.39, 0.29) is 17.6 Å². The van der Waals surface area contributed by atoms with E-state index in [1.165, 1.54) is 52.1 Å². The molecule has 4 nitrogen and oxygen atoms in total. The van der Waals surface area contributed by atoms with Gasteiger partial charge in [0.25, 0.3) is 0 Å². The molecular weight excluding hydrogens is 374 g/mol. The van der Waals surface area contributed by atoms with Gasteiger partial charge in [-0.05, 0) is 112 Å². The lowest BCUT2D eigenvalue weighted by atomic mass is 9.44. The molecule has 0 aromatic carbocycles. The summed E-state index contributed by atoms with van der Waals surface area (Å²) >= 11 is 0. The monoisotopic (exact) mass is 416 g/mol. The van der Waals surface area contributed by atoms with Gasteiger partial charge < -0.3 is 9.64 Å². The topological polar surface area (TPSA) is 46.6 Å². The van der Waals surface area contributed by atoms with Crippen LogP contribution < -0.4 is 0 Å². The highest BCUT2D eigenvalue weighted by atomic mass is 16.5. The molecular formula is C26H42NO3. The number of nitrogens with zero attached hydrogens (tertiary/aromatic N) is 1. The third-order valence-electron chi connectivity index (χ3n) is 10.7. The molecule has 30 heavy (non-hydrogen) atoms. The first-order valence-corrected chi connectivity index (χ1v) is 12.3. The number of Topliss-reactive ketones (excluding diaryl/α,β-unsaturated/α-hetero) is 1. The van der Waals surface area contributed by atoms with Gasteiger partial charge in [0, 0.05) is 19.0 Å². The minimum Gasteiger partial charge on any atom is -0.453 e. The first-order valence-electron chi connectivity index (χ1n) is 12.3. The summed E-state index contributed by atoms with van der Waals surface area (Å²) in [4.78, 5) is 26.0. The van der Waals surface area contributed by atoms with E-state index in [9.17, 15) is 9.59 Å². The van der Waals surface area contributed by atoms with E-state index in [1.54, 1.807) is 4.90 Å². The van der Waals surface area contributed by atoms with Crippen LogP contribution in [0.2, 0.25) is 0 Å². The van der Waals surface area contributed by atoms with Crippen molar-refractivity contribution in [1.29, 1.82) is 0 Å². The lowest BCUT2D eigenvalue weighted by molar-refractivity contribution is -0.136. The van der Waals surface area contributed by atoms with Crippen LogP contribution in [0.1, 0.15) is 78.6 Å². The van der Waals surface area contributed by atoms with Crippen molar-refractivity contribution < 1.29 is 14.3 Å². The Bertz CT molecular complexity index is 692. The quantitative estimate of drug-likeness (QED) is 0.588.